The Hall–Kier alpha value is -2.07. The van der Waals surface area contributed by atoms with Gasteiger partial charge in [0.25, 0.3) is 0 Å². The molecule has 1 amide bonds. The van der Waals surface area contributed by atoms with Crippen molar-refractivity contribution in [2.45, 2.75) is 31.7 Å². The molecule has 1 fully saturated rings. The number of hydrogen-bond donors (Lipinski definition) is 1. The number of piperidine rings is 1. The van der Waals surface area contributed by atoms with Gasteiger partial charge in [-0.05, 0) is 50.2 Å². The van der Waals surface area contributed by atoms with Crippen molar-refractivity contribution in [2.75, 3.05) is 18.0 Å². The average Bonchev–Trinajstić information content (AvgIpc) is 3.06. The largest absolute Gasteiger partial charge is 0.317 e. The third kappa shape index (κ3) is 1.70. The minimum atomic E-state index is -0.212. The highest BCUT2D eigenvalue weighted by molar-refractivity contribution is 5.98. The second-order valence-corrected chi connectivity index (χ2v) is 6.12. The van der Waals surface area contributed by atoms with Crippen LogP contribution in [0.3, 0.4) is 0 Å². The maximum absolute atomic E-state index is 12.8. The highest BCUT2D eigenvalue weighted by Crippen LogP contribution is 2.47. The van der Waals surface area contributed by atoms with Gasteiger partial charge < -0.3 is 9.88 Å². The molecule has 1 aromatic heterocycles. The fourth-order valence-electron chi connectivity index (χ4n) is 4.02. The Morgan fingerprint density at radius 3 is 2.59 bits per heavy atom. The summed E-state index contributed by atoms with van der Waals surface area (Å²) in [7, 11) is 0. The number of carbonyl (C=O) groups excluding carboxylic acids is 1. The van der Waals surface area contributed by atoms with Crippen LogP contribution in [0.15, 0.2) is 42.6 Å². The van der Waals surface area contributed by atoms with E-state index in [2.05, 4.69) is 45.2 Å². The van der Waals surface area contributed by atoms with Gasteiger partial charge in [-0.1, -0.05) is 19.1 Å². The van der Waals surface area contributed by atoms with Crippen molar-refractivity contribution >= 4 is 11.6 Å². The van der Waals surface area contributed by atoms with Crippen LogP contribution < -0.4 is 10.2 Å². The van der Waals surface area contributed by atoms with E-state index in [1.165, 1.54) is 5.69 Å². The molecule has 2 aliphatic heterocycles. The van der Waals surface area contributed by atoms with E-state index in [-0.39, 0.29) is 11.4 Å². The van der Waals surface area contributed by atoms with Crippen LogP contribution in [0.4, 0.5) is 5.69 Å². The lowest BCUT2D eigenvalue weighted by atomic mass is 9.80. The van der Waals surface area contributed by atoms with E-state index in [0.717, 1.165) is 37.3 Å². The SMILES string of the molecule is CCC(=O)N1c2ccccc2-n2cccc2C12CCNCC2. The number of para-hydroxylation sites is 2. The molecule has 22 heavy (non-hydrogen) atoms. The molecule has 0 aliphatic carbocycles. The molecule has 1 N–H and O–H groups in total. The number of fused-ring (bicyclic) bond motifs is 4. The molecule has 4 heteroatoms. The predicted octanol–water partition coefficient (Wildman–Crippen LogP) is 2.81. The maximum Gasteiger partial charge on any atom is 0.227 e. The molecule has 0 atom stereocenters. The minimum Gasteiger partial charge on any atom is -0.317 e. The summed E-state index contributed by atoms with van der Waals surface area (Å²) in [5.74, 6) is 0.210. The van der Waals surface area contributed by atoms with Gasteiger partial charge in [0.2, 0.25) is 5.91 Å². The van der Waals surface area contributed by atoms with E-state index in [1.807, 2.05) is 19.1 Å². The Morgan fingerprint density at radius 2 is 1.86 bits per heavy atom. The lowest BCUT2D eigenvalue weighted by molar-refractivity contribution is -0.120. The van der Waals surface area contributed by atoms with Crippen molar-refractivity contribution in [3.8, 4) is 5.69 Å². The smallest absolute Gasteiger partial charge is 0.227 e. The number of anilines is 1. The fourth-order valence-corrected chi connectivity index (χ4v) is 4.02. The maximum atomic E-state index is 12.8. The first-order valence-corrected chi connectivity index (χ1v) is 8.09. The lowest BCUT2D eigenvalue weighted by Crippen LogP contribution is -2.57. The standard InChI is InChI=1S/C18H21N3O/c1-2-17(22)21-15-7-4-3-6-14(15)20-13-5-8-16(20)18(21)9-11-19-12-10-18/h3-8,13,19H,2,9-12H2,1H3. The Morgan fingerprint density at radius 1 is 1.14 bits per heavy atom. The van der Waals surface area contributed by atoms with Gasteiger partial charge in [0.15, 0.2) is 0 Å². The van der Waals surface area contributed by atoms with Crippen molar-refractivity contribution in [3.63, 3.8) is 0 Å². The molecule has 0 saturated carbocycles. The van der Waals surface area contributed by atoms with Gasteiger partial charge in [-0.25, -0.2) is 0 Å². The fraction of sp³-hybridized carbons (Fsp3) is 0.389. The second kappa shape index (κ2) is 4.99. The van der Waals surface area contributed by atoms with E-state index in [4.69, 9.17) is 0 Å². The summed E-state index contributed by atoms with van der Waals surface area (Å²) in [6.45, 7) is 3.84. The first-order chi connectivity index (χ1) is 10.8. The molecule has 1 saturated heterocycles. The van der Waals surface area contributed by atoms with Gasteiger partial charge in [-0.15, -0.1) is 0 Å². The Balaban J connectivity index is 1.99. The van der Waals surface area contributed by atoms with Gasteiger partial charge >= 0.3 is 0 Å². The van der Waals surface area contributed by atoms with E-state index in [1.54, 1.807) is 0 Å². The first kappa shape index (κ1) is 13.6. The van der Waals surface area contributed by atoms with Crippen LogP contribution in [0, 0.1) is 0 Å². The van der Waals surface area contributed by atoms with Gasteiger partial charge in [0, 0.05) is 18.3 Å². The molecule has 0 radical (unpaired) electrons. The van der Waals surface area contributed by atoms with Gasteiger partial charge in [-0.3, -0.25) is 9.69 Å². The van der Waals surface area contributed by atoms with Crippen LogP contribution in [0.1, 0.15) is 31.9 Å². The molecule has 1 aromatic carbocycles. The first-order valence-electron chi connectivity index (χ1n) is 8.09. The molecule has 114 valence electrons. The van der Waals surface area contributed by atoms with Crippen LogP contribution in [0.2, 0.25) is 0 Å². The third-order valence-electron chi connectivity index (χ3n) is 5.02. The molecule has 4 nitrogen and oxygen atoms in total. The summed E-state index contributed by atoms with van der Waals surface area (Å²) in [4.78, 5) is 14.9. The minimum absolute atomic E-state index is 0.210. The van der Waals surface area contributed by atoms with Crippen molar-refractivity contribution in [1.29, 1.82) is 0 Å². The van der Waals surface area contributed by atoms with Gasteiger partial charge in [0.1, 0.15) is 0 Å². The number of nitrogens with zero attached hydrogens (tertiary/aromatic N) is 2. The summed E-state index contributed by atoms with van der Waals surface area (Å²) >= 11 is 0. The molecule has 3 heterocycles. The van der Waals surface area contributed by atoms with Gasteiger partial charge in [-0.2, -0.15) is 0 Å². The highest BCUT2D eigenvalue weighted by atomic mass is 16.2. The van der Waals surface area contributed by atoms with E-state index < -0.39 is 0 Å². The topological polar surface area (TPSA) is 37.3 Å². The summed E-state index contributed by atoms with van der Waals surface area (Å²) < 4.78 is 2.26. The summed E-state index contributed by atoms with van der Waals surface area (Å²) in [5, 5.41) is 3.43. The number of rotatable bonds is 1. The predicted molar refractivity (Wildman–Crippen MR) is 87.3 cm³/mol. The van der Waals surface area contributed by atoms with Crippen LogP contribution in [0.5, 0.6) is 0 Å². The number of nitrogens with one attached hydrogen (secondary N) is 1. The normalized spacial score (nSPS) is 18.9. The quantitative estimate of drug-likeness (QED) is 0.878. The molecule has 2 aromatic rings. The third-order valence-corrected chi connectivity index (χ3v) is 5.02. The number of amides is 1. The second-order valence-electron chi connectivity index (χ2n) is 6.12. The van der Waals surface area contributed by atoms with Gasteiger partial charge in [0.05, 0.1) is 16.9 Å². The van der Waals surface area contributed by atoms with Crippen LogP contribution >= 0.6 is 0 Å². The number of aromatic nitrogens is 1. The van der Waals surface area contributed by atoms with E-state index in [9.17, 15) is 4.79 Å². The van der Waals surface area contributed by atoms with Crippen LogP contribution in [-0.4, -0.2) is 23.6 Å². The summed E-state index contributed by atoms with van der Waals surface area (Å²) in [6, 6.07) is 12.5. The number of benzene rings is 1. The molecular formula is C18H21N3O. The van der Waals surface area contributed by atoms with Crippen molar-refractivity contribution in [1.82, 2.24) is 9.88 Å². The van der Waals surface area contributed by atoms with Crippen LogP contribution in [0.25, 0.3) is 5.69 Å². The van der Waals surface area contributed by atoms with Crippen molar-refractivity contribution in [2.24, 2.45) is 0 Å². The zero-order valence-electron chi connectivity index (χ0n) is 12.9. The zero-order chi connectivity index (χ0) is 15.2. The van der Waals surface area contributed by atoms with Crippen LogP contribution in [-0.2, 0) is 10.3 Å². The lowest BCUT2D eigenvalue weighted by Gasteiger charge is -2.50. The number of carbonyl (C=O) groups is 1. The monoisotopic (exact) mass is 295 g/mol. The molecule has 0 unspecified atom stereocenters. The Bertz CT molecular complexity index is 713. The van der Waals surface area contributed by atoms with E-state index in [0.29, 0.717) is 6.42 Å². The summed E-state index contributed by atoms with van der Waals surface area (Å²) in [6.07, 6.45) is 4.56. The van der Waals surface area contributed by atoms with E-state index >= 15 is 0 Å². The highest BCUT2D eigenvalue weighted by Gasteiger charge is 2.47. The van der Waals surface area contributed by atoms with Crippen molar-refractivity contribution in [3.05, 3.63) is 48.3 Å². The molecule has 4 rings (SSSR count). The molecule has 0 bridgehead atoms. The number of hydrogen-bond acceptors (Lipinski definition) is 2. The zero-order valence-corrected chi connectivity index (χ0v) is 12.9. The Kier molecular flexibility index (Phi) is 3.08. The van der Waals surface area contributed by atoms with Crippen molar-refractivity contribution < 1.29 is 4.79 Å². The summed E-state index contributed by atoms with van der Waals surface area (Å²) in [5.41, 5.74) is 3.18. The molecule has 1 spiro atoms. The molecule has 2 aliphatic rings. The average molecular weight is 295 g/mol. The Labute approximate surface area is 130 Å². The molecular weight excluding hydrogens is 274 g/mol.